The first-order chi connectivity index (χ1) is 14.8. The maximum absolute atomic E-state index is 12.8. The zero-order valence-electron chi connectivity index (χ0n) is 16.6. The van der Waals surface area contributed by atoms with E-state index in [9.17, 15) is 13.2 Å². The van der Waals surface area contributed by atoms with E-state index >= 15 is 0 Å². The smallest absolute Gasteiger partial charge is 0.405 e. The van der Waals surface area contributed by atoms with E-state index in [-0.39, 0.29) is 11.4 Å². The number of rotatable bonds is 3. The lowest BCUT2D eigenvalue weighted by molar-refractivity contribution is -0.274. The Morgan fingerprint density at radius 1 is 1.06 bits per heavy atom. The first-order valence-electron chi connectivity index (χ1n) is 10.2. The molecule has 1 N–H and O–H groups in total. The molecule has 162 valence electrons. The maximum Gasteiger partial charge on any atom is 0.573 e. The summed E-state index contributed by atoms with van der Waals surface area (Å²) < 4.78 is 42.7. The number of aromatic amines is 1. The van der Waals surface area contributed by atoms with Gasteiger partial charge in [-0.25, -0.2) is 0 Å². The van der Waals surface area contributed by atoms with Crippen LogP contribution in [0.2, 0.25) is 5.02 Å². The largest absolute Gasteiger partial charge is 0.573 e. The summed E-state index contributed by atoms with van der Waals surface area (Å²) in [6.07, 6.45) is 1.48. The van der Waals surface area contributed by atoms with Crippen molar-refractivity contribution in [3.8, 4) is 16.9 Å². The fraction of sp³-hybridized carbons (Fsp3) is 0.348. The summed E-state index contributed by atoms with van der Waals surface area (Å²) in [5.41, 5.74) is 3.02. The molecule has 1 aliphatic carbocycles. The Bertz CT molecular complexity index is 1160. The monoisotopic (exact) mass is 448 g/mol. The van der Waals surface area contributed by atoms with Gasteiger partial charge in [0.15, 0.2) is 0 Å². The van der Waals surface area contributed by atoms with Gasteiger partial charge in [0, 0.05) is 17.4 Å². The molecule has 0 amide bonds. The molecule has 1 fully saturated rings. The summed E-state index contributed by atoms with van der Waals surface area (Å²) in [7, 11) is 0. The van der Waals surface area contributed by atoms with Crippen LogP contribution in [-0.4, -0.2) is 22.7 Å². The van der Waals surface area contributed by atoms with Gasteiger partial charge in [-0.2, -0.15) is 0 Å². The lowest BCUT2D eigenvalue weighted by atomic mass is 9.81. The van der Waals surface area contributed by atoms with E-state index in [0.717, 1.165) is 48.9 Å². The summed E-state index contributed by atoms with van der Waals surface area (Å²) in [6, 6.07) is 11.4. The van der Waals surface area contributed by atoms with Gasteiger partial charge in [-0.15, -0.1) is 13.2 Å². The number of aromatic nitrogens is 1. The van der Waals surface area contributed by atoms with Gasteiger partial charge in [0.2, 0.25) is 0 Å². The minimum absolute atomic E-state index is 0.201. The number of ether oxygens (including phenoxy) is 1. The van der Waals surface area contributed by atoms with Crippen LogP contribution in [-0.2, 0) is 4.84 Å². The molecule has 2 aromatic carbocycles. The van der Waals surface area contributed by atoms with Crippen LogP contribution in [0.3, 0.4) is 0 Å². The van der Waals surface area contributed by atoms with Crippen LogP contribution in [0.15, 0.2) is 47.6 Å². The second kappa shape index (κ2) is 7.48. The summed E-state index contributed by atoms with van der Waals surface area (Å²) in [5.74, 6) is -0.269. The number of halogens is 4. The zero-order chi connectivity index (χ0) is 21.6. The molecule has 0 saturated heterocycles. The number of hydrogen-bond donors (Lipinski definition) is 1. The second-order valence-electron chi connectivity index (χ2n) is 8.20. The van der Waals surface area contributed by atoms with Gasteiger partial charge >= 0.3 is 6.36 Å². The first kappa shape index (κ1) is 20.2. The number of oxime groups is 1. The van der Waals surface area contributed by atoms with Gasteiger partial charge in [-0.1, -0.05) is 41.4 Å². The number of H-pyrrole nitrogens is 1. The molecule has 2 heterocycles. The van der Waals surface area contributed by atoms with E-state index in [0.29, 0.717) is 21.7 Å². The molecule has 4 nitrogen and oxygen atoms in total. The second-order valence-corrected chi connectivity index (χ2v) is 8.61. The topological polar surface area (TPSA) is 46.6 Å². The maximum atomic E-state index is 12.8. The average molecular weight is 449 g/mol. The number of nitrogens with zero attached hydrogens (tertiary/aromatic N) is 1. The van der Waals surface area contributed by atoms with E-state index < -0.39 is 6.36 Å². The Labute approximate surface area is 182 Å². The van der Waals surface area contributed by atoms with Gasteiger partial charge in [-0.05, 0) is 55.5 Å². The first-order valence-corrected chi connectivity index (χ1v) is 10.6. The molecule has 1 saturated carbocycles. The molecule has 1 aromatic heterocycles. The van der Waals surface area contributed by atoms with Crippen LogP contribution in [0.25, 0.3) is 22.0 Å². The summed E-state index contributed by atoms with van der Waals surface area (Å²) in [5, 5.41) is 5.53. The van der Waals surface area contributed by atoms with Gasteiger partial charge in [0.05, 0.1) is 16.2 Å². The van der Waals surface area contributed by atoms with Crippen LogP contribution >= 0.6 is 11.6 Å². The van der Waals surface area contributed by atoms with Crippen LogP contribution in [0, 0.1) is 0 Å². The van der Waals surface area contributed by atoms with Crippen molar-refractivity contribution in [1.82, 2.24) is 4.98 Å². The Morgan fingerprint density at radius 2 is 1.84 bits per heavy atom. The fourth-order valence-corrected chi connectivity index (χ4v) is 4.83. The van der Waals surface area contributed by atoms with Crippen molar-refractivity contribution < 1.29 is 22.7 Å². The van der Waals surface area contributed by atoms with Gasteiger partial charge < -0.3 is 14.6 Å². The van der Waals surface area contributed by atoms with E-state index in [1.807, 2.05) is 6.07 Å². The van der Waals surface area contributed by atoms with Crippen LogP contribution in [0.1, 0.15) is 44.2 Å². The van der Waals surface area contributed by atoms with Crippen molar-refractivity contribution in [2.75, 3.05) is 0 Å². The van der Waals surface area contributed by atoms with Crippen molar-refractivity contribution >= 4 is 28.2 Å². The molecule has 5 rings (SSSR count). The van der Waals surface area contributed by atoms with Crippen molar-refractivity contribution in [2.45, 2.75) is 50.5 Å². The Hall–Kier alpha value is -2.67. The van der Waals surface area contributed by atoms with Crippen LogP contribution in [0.4, 0.5) is 13.2 Å². The molecule has 31 heavy (non-hydrogen) atoms. The number of hydrogen-bond acceptors (Lipinski definition) is 3. The number of nitrogens with one attached hydrogen (secondary N) is 1. The van der Waals surface area contributed by atoms with Gasteiger partial charge in [-0.3, -0.25) is 0 Å². The third-order valence-corrected chi connectivity index (χ3v) is 6.32. The van der Waals surface area contributed by atoms with E-state index in [1.54, 1.807) is 24.3 Å². The molecule has 8 heteroatoms. The molecule has 0 bridgehead atoms. The number of fused-ring (bicyclic) bond motifs is 1. The quantitative estimate of drug-likeness (QED) is 0.460. The van der Waals surface area contributed by atoms with Crippen LogP contribution < -0.4 is 4.74 Å². The van der Waals surface area contributed by atoms with Crippen molar-refractivity contribution in [3.63, 3.8) is 0 Å². The zero-order valence-corrected chi connectivity index (χ0v) is 17.3. The number of para-hydroxylation sites is 1. The van der Waals surface area contributed by atoms with E-state index in [1.165, 1.54) is 18.6 Å². The van der Waals surface area contributed by atoms with Crippen molar-refractivity contribution in [2.24, 2.45) is 5.16 Å². The lowest BCUT2D eigenvalue weighted by Crippen LogP contribution is -2.31. The van der Waals surface area contributed by atoms with Gasteiger partial charge in [0.25, 0.3) is 0 Å². The van der Waals surface area contributed by atoms with Crippen molar-refractivity contribution in [3.05, 3.63) is 53.2 Å². The fourth-order valence-electron chi connectivity index (χ4n) is 4.56. The molecule has 1 aliphatic heterocycles. The Kier molecular flexibility index (Phi) is 4.88. The molecule has 0 atom stereocenters. The highest BCUT2D eigenvalue weighted by Gasteiger charge is 2.40. The van der Waals surface area contributed by atoms with E-state index in [4.69, 9.17) is 16.4 Å². The lowest BCUT2D eigenvalue weighted by Gasteiger charge is -2.30. The number of alkyl halides is 3. The van der Waals surface area contributed by atoms with Gasteiger partial charge in [0.1, 0.15) is 17.1 Å². The van der Waals surface area contributed by atoms with Crippen LogP contribution in [0.5, 0.6) is 5.75 Å². The van der Waals surface area contributed by atoms with Crippen molar-refractivity contribution in [1.29, 1.82) is 0 Å². The molecule has 3 aromatic rings. The predicted molar refractivity (Wildman–Crippen MR) is 113 cm³/mol. The summed E-state index contributed by atoms with van der Waals surface area (Å²) in [6.45, 7) is 0. The number of benzene rings is 2. The molecule has 1 spiro atoms. The highest BCUT2D eigenvalue weighted by Crippen LogP contribution is 2.41. The highest BCUT2D eigenvalue weighted by molar-refractivity contribution is 6.35. The Morgan fingerprint density at radius 3 is 2.61 bits per heavy atom. The SMILES string of the molecule is FC(F)(F)Oc1ccccc1-c1cc(Cl)c2[nH]c(C3=NOC4(CCCCC4)C3)cc2c1. The minimum Gasteiger partial charge on any atom is -0.405 e. The highest BCUT2D eigenvalue weighted by atomic mass is 35.5. The third-order valence-electron chi connectivity index (χ3n) is 6.02. The van der Waals surface area contributed by atoms with E-state index in [2.05, 4.69) is 14.9 Å². The average Bonchev–Trinajstić information content (AvgIpc) is 3.33. The normalized spacial score (nSPS) is 18.3. The third kappa shape index (κ3) is 3.99. The summed E-state index contributed by atoms with van der Waals surface area (Å²) >= 11 is 6.49. The minimum atomic E-state index is -4.78. The summed E-state index contributed by atoms with van der Waals surface area (Å²) in [4.78, 5) is 9.15. The molecule has 0 unspecified atom stereocenters. The Balaban J connectivity index is 1.49. The molecular weight excluding hydrogens is 429 g/mol. The molecule has 0 radical (unpaired) electrons. The molecule has 2 aliphatic rings. The predicted octanol–water partition coefficient (Wildman–Crippen LogP) is 7.21. The standard InChI is InChI=1S/C23H20ClF3N2O2/c24-17-11-14(16-6-2-3-7-20(16)30-23(25,26)27)10-15-12-18(28-21(15)17)19-13-22(31-29-19)8-4-1-5-9-22/h2-3,6-7,10-12,28H,1,4-5,8-9,13H2. The molecular formula is C23H20ClF3N2O2.